The molecule has 0 bridgehead atoms. The molecule has 8 rings (SSSR count). The second kappa shape index (κ2) is 20.2. The Hall–Kier alpha value is -4.61. The topological polar surface area (TPSA) is 0 Å². The van der Waals surface area contributed by atoms with Crippen molar-refractivity contribution in [1.82, 2.24) is 0 Å². The molecular formula is C50H44BrClP2. The van der Waals surface area contributed by atoms with E-state index >= 15 is 0 Å². The minimum atomic E-state index is -1.78. The molecule has 0 saturated carbocycles. The molecule has 0 spiro atoms. The van der Waals surface area contributed by atoms with Gasteiger partial charge in [-0.25, -0.2) is 0 Å². The van der Waals surface area contributed by atoms with Crippen LogP contribution in [0.4, 0.5) is 0 Å². The molecule has 0 atom stereocenters. The quantitative estimate of drug-likeness (QED) is 0.180. The molecule has 4 heteroatoms. The van der Waals surface area contributed by atoms with Crippen LogP contribution in [0, 0.1) is 0 Å². The van der Waals surface area contributed by atoms with Gasteiger partial charge >= 0.3 is 0 Å². The summed E-state index contributed by atoms with van der Waals surface area (Å²) in [5, 5.41) is 8.59. The second-order valence-electron chi connectivity index (χ2n) is 12.9. The molecule has 0 amide bonds. The maximum Gasteiger partial charge on any atom is 0.116 e. The fourth-order valence-electron chi connectivity index (χ4n) is 7.25. The first-order valence-corrected chi connectivity index (χ1v) is 21.9. The lowest BCUT2D eigenvalue weighted by atomic mass is 10.2. The van der Waals surface area contributed by atoms with E-state index in [1.807, 2.05) is 0 Å². The summed E-state index contributed by atoms with van der Waals surface area (Å²) in [4.78, 5) is 0. The Morgan fingerprint density at radius 1 is 0.222 bits per heavy atom. The molecule has 54 heavy (non-hydrogen) atoms. The van der Waals surface area contributed by atoms with Crippen molar-refractivity contribution in [3.8, 4) is 0 Å². The van der Waals surface area contributed by atoms with Gasteiger partial charge in [0.15, 0.2) is 0 Å². The van der Waals surface area contributed by atoms with E-state index in [2.05, 4.69) is 243 Å². The Morgan fingerprint density at radius 2 is 0.370 bits per heavy atom. The molecule has 0 heterocycles. The van der Waals surface area contributed by atoms with Crippen molar-refractivity contribution < 1.29 is 29.4 Å². The molecule has 8 aromatic rings. The summed E-state index contributed by atoms with van der Waals surface area (Å²) >= 11 is 0. The number of hydrogen-bond donors (Lipinski definition) is 0. The first-order chi connectivity index (χ1) is 25.8. The lowest BCUT2D eigenvalue weighted by molar-refractivity contribution is -0.001000. The van der Waals surface area contributed by atoms with E-state index in [4.69, 9.17) is 0 Å². The molecular weight excluding hydrogens is 778 g/mol. The minimum absolute atomic E-state index is 0. The average Bonchev–Trinajstić information content (AvgIpc) is 3.25. The molecule has 8 aromatic carbocycles. The predicted octanol–water partition coefficient (Wildman–Crippen LogP) is 4.37. The van der Waals surface area contributed by atoms with Gasteiger partial charge in [-0.1, -0.05) is 170 Å². The smallest absolute Gasteiger partial charge is 0.116 e. The fourth-order valence-corrected chi connectivity index (χ4v) is 15.7. The van der Waals surface area contributed by atoms with E-state index in [0.29, 0.717) is 0 Å². The Balaban J connectivity index is 0.000000200. The van der Waals surface area contributed by atoms with Crippen LogP contribution in [-0.2, 0) is 12.3 Å². The molecule has 0 aromatic heterocycles. The summed E-state index contributed by atoms with van der Waals surface area (Å²) in [6, 6.07) is 88.1. The van der Waals surface area contributed by atoms with Crippen molar-refractivity contribution in [1.29, 1.82) is 0 Å². The normalized spacial score (nSPS) is 10.8. The van der Waals surface area contributed by atoms with Gasteiger partial charge in [-0.05, 0) is 83.9 Å². The molecule has 0 unspecified atom stereocenters. The van der Waals surface area contributed by atoms with Crippen molar-refractivity contribution >= 4 is 46.4 Å². The van der Waals surface area contributed by atoms with E-state index in [9.17, 15) is 0 Å². The van der Waals surface area contributed by atoms with Gasteiger partial charge in [0.2, 0.25) is 0 Å². The number of hydrogen-bond acceptors (Lipinski definition) is 0. The van der Waals surface area contributed by atoms with Gasteiger partial charge in [-0.2, -0.15) is 0 Å². The molecule has 0 aliphatic rings. The highest BCUT2D eigenvalue weighted by Gasteiger charge is 2.46. The number of benzene rings is 8. The van der Waals surface area contributed by atoms with Crippen LogP contribution in [0.2, 0.25) is 0 Å². The van der Waals surface area contributed by atoms with E-state index in [1.165, 1.54) is 43.0 Å². The van der Waals surface area contributed by atoms with Crippen LogP contribution in [0.3, 0.4) is 0 Å². The Kier molecular flexibility index (Phi) is 15.2. The largest absolute Gasteiger partial charge is 1.00 e. The van der Waals surface area contributed by atoms with Crippen LogP contribution in [0.1, 0.15) is 11.1 Å². The van der Waals surface area contributed by atoms with Gasteiger partial charge in [0.25, 0.3) is 0 Å². The van der Waals surface area contributed by atoms with Crippen LogP contribution >= 0.6 is 14.5 Å². The summed E-state index contributed by atoms with van der Waals surface area (Å²) in [6.45, 7) is 0. The number of halogens is 2. The van der Waals surface area contributed by atoms with Gasteiger partial charge in [0.1, 0.15) is 46.4 Å². The molecule has 268 valence electrons. The van der Waals surface area contributed by atoms with E-state index in [0.717, 1.165) is 12.3 Å². The summed E-state index contributed by atoms with van der Waals surface area (Å²) in [5.41, 5.74) is 2.77. The first-order valence-electron chi connectivity index (χ1n) is 18.0. The van der Waals surface area contributed by atoms with Crippen LogP contribution < -0.4 is 61.2 Å². The third-order valence-corrected chi connectivity index (χ3v) is 18.5. The van der Waals surface area contributed by atoms with Gasteiger partial charge < -0.3 is 29.4 Å². The fraction of sp³-hybridized carbons (Fsp3) is 0.0400. The van der Waals surface area contributed by atoms with Crippen molar-refractivity contribution in [2.75, 3.05) is 0 Å². The van der Waals surface area contributed by atoms with Crippen molar-refractivity contribution in [3.05, 3.63) is 254 Å². The number of rotatable bonds is 10. The van der Waals surface area contributed by atoms with Gasteiger partial charge in [0.05, 0.1) is 12.3 Å². The molecule has 0 saturated heterocycles. The third kappa shape index (κ3) is 9.18. The Labute approximate surface area is 339 Å². The standard InChI is InChI=1S/2C25H22P.BrH.ClH/c2*1-5-13-22(14-6-1)21-26(23-15-7-2-8-16-23,24-17-9-3-10-18-24)25-19-11-4-12-20-25;;/h2*1-20H,21H2;2*1H/q2*+1;;/p-2. The van der Waals surface area contributed by atoms with Crippen molar-refractivity contribution in [2.24, 2.45) is 0 Å². The maximum absolute atomic E-state index is 2.30. The highest BCUT2D eigenvalue weighted by atomic mass is 79.9. The first kappa shape index (κ1) is 40.6. The lowest BCUT2D eigenvalue weighted by Gasteiger charge is -2.27. The monoisotopic (exact) mass is 820 g/mol. The lowest BCUT2D eigenvalue weighted by Crippen LogP contribution is -3.00. The van der Waals surface area contributed by atoms with Gasteiger partial charge in [0, 0.05) is 0 Å². The van der Waals surface area contributed by atoms with Crippen LogP contribution in [0.25, 0.3) is 0 Å². The molecule has 0 aliphatic heterocycles. The highest BCUT2D eigenvalue weighted by Crippen LogP contribution is 2.59. The molecule has 0 nitrogen and oxygen atoms in total. The zero-order valence-corrected chi connectivity index (χ0v) is 34.3. The molecule has 0 fully saturated rings. The van der Waals surface area contributed by atoms with E-state index in [-0.39, 0.29) is 29.4 Å². The summed E-state index contributed by atoms with van der Waals surface area (Å²) in [5.74, 6) is 0. The van der Waals surface area contributed by atoms with Gasteiger partial charge in [-0.15, -0.1) is 0 Å². The minimum Gasteiger partial charge on any atom is -1.00 e. The maximum atomic E-state index is 2.30. The average molecular weight is 822 g/mol. The van der Waals surface area contributed by atoms with E-state index in [1.54, 1.807) is 0 Å². The summed E-state index contributed by atoms with van der Waals surface area (Å²) in [6.07, 6.45) is 2.07. The van der Waals surface area contributed by atoms with Crippen molar-refractivity contribution in [3.63, 3.8) is 0 Å². The summed E-state index contributed by atoms with van der Waals surface area (Å²) in [7, 11) is -3.55. The zero-order chi connectivity index (χ0) is 35.3. The molecule has 0 radical (unpaired) electrons. The van der Waals surface area contributed by atoms with Crippen LogP contribution in [0.15, 0.2) is 243 Å². The summed E-state index contributed by atoms with van der Waals surface area (Å²) < 4.78 is 0. The SMILES string of the molecule is [Br-].[Cl-].c1ccc(C[P+](c2ccccc2)(c2ccccc2)c2ccccc2)cc1.c1ccc(C[P+](c2ccccc2)(c2ccccc2)c2ccccc2)cc1. The van der Waals surface area contributed by atoms with Crippen LogP contribution in [-0.4, -0.2) is 0 Å². The third-order valence-electron chi connectivity index (χ3n) is 9.71. The highest BCUT2D eigenvalue weighted by molar-refractivity contribution is 7.95. The molecule has 0 N–H and O–H groups in total. The van der Waals surface area contributed by atoms with E-state index < -0.39 is 14.5 Å². The Bertz CT molecular complexity index is 1850. The van der Waals surface area contributed by atoms with Gasteiger partial charge in [-0.3, -0.25) is 0 Å². The molecule has 0 aliphatic carbocycles. The second-order valence-corrected chi connectivity index (χ2v) is 19.9. The predicted molar refractivity (Wildman–Crippen MR) is 231 cm³/mol. The Morgan fingerprint density at radius 3 is 0.537 bits per heavy atom. The van der Waals surface area contributed by atoms with Crippen molar-refractivity contribution in [2.45, 2.75) is 12.3 Å². The zero-order valence-electron chi connectivity index (χ0n) is 30.2. The van der Waals surface area contributed by atoms with Crippen LogP contribution in [0.5, 0.6) is 0 Å².